The molecule has 3 aromatic rings. The van der Waals surface area contributed by atoms with E-state index in [-0.39, 0.29) is 12.5 Å². The molecule has 0 fully saturated rings. The van der Waals surface area contributed by atoms with Crippen LogP contribution in [0.1, 0.15) is 34.0 Å². The van der Waals surface area contributed by atoms with Crippen LogP contribution in [0.5, 0.6) is 11.5 Å². The molecule has 0 radical (unpaired) electrons. The molecular formula is C24H20BrCl3N2O3. The van der Waals surface area contributed by atoms with E-state index in [4.69, 9.17) is 44.3 Å². The molecule has 0 unspecified atom stereocenters. The zero-order valence-corrected chi connectivity index (χ0v) is 21.6. The fraction of sp³-hybridized carbons (Fsp3) is 0.167. The summed E-state index contributed by atoms with van der Waals surface area (Å²) in [6, 6.07) is 13.9. The first kappa shape index (κ1) is 25.4. The average Bonchev–Trinajstić information content (AvgIpc) is 2.76. The molecule has 0 aliphatic rings. The van der Waals surface area contributed by atoms with Gasteiger partial charge in [-0.15, -0.1) is 0 Å². The summed E-state index contributed by atoms with van der Waals surface area (Å²) in [4.78, 5) is 12.3. The van der Waals surface area contributed by atoms with Crippen LogP contribution in [0.25, 0.3) is 0 Å². The Morgan fingerprint density at radius 2 is 1.85 bits per heavy atom. The van der Waals surface area contributed by atoms with Crippen molar-refractivity contribution in [2.24, 2.45) is 5.10 Å². The van der Waals surface area contributed by atoms with Crippen LogP contribution in [0.3, 0.4) is 0 Å². The molecule has 1 N–H and O–H groups in total. The lowest BCUT2D eigenvalue weighted by Crippen LogP contribution is -2.17. The highest BCUT2D eigenvalue weighted by molar-refractivity contribution is 9.10. The molecule has 0 saturated carbocycles. The van der Waals surface area contributed by atoms with Crippen LogP contribution >= 0.6 is 50.7 Å². The van der Waals surface area contributed by atoms with E-state index in [1.54, 1.807) is 42.5 Å². The van der Waals surface area contributed by atoms with Crippen molar-refractivity contribution >= 4 is 62.9 Å². The van der Waals surface area contributed by atoms with Crippen molar-refractivity contribution in [3.8, 4) is 11.5 Å². The first-order valence-electron chi connectivity index (χ1n) is 9.91. The predicted octanol–water partition coefficient (Wildman–Crippen LogP) is 7.46. The van der Waals surface area contributed by atoms with Gasteiger partial charge in [0.25, 0.3) is 5.91 Å². The molecule has 0 saturated heterocycles. The number of hydrogen-bond donors (Lipinski definition) is 1. The van der Waals surface area contributed by atoms with Crippen molar-refractivity contribution in [2.75, 3.05) is 6.61 Å². The number of carbonyl (C=O) groups excluding carboxylic acids is 1. The molecule has 0 aliphatic heterocycles. The third kappa shape index (κ3) is 6.87. The SMILES string of the molecule is CCOc1cc(/C=N\NC(=O)c2ccc(C)c(Cl)c2)cc(Br)c1OCc1ccc(Cl)cc1Cl. The third-order valence-electron chi connectivity index (χ3n) is 4.53. The lowest BCUT2D eigenvalue weighted by atomic mass is 10.1. The molecule has 5 nitrogen and oxygen atoms in total. The molecule has 3 rings (SSSR count). The van der Waals surface area contributed by atoms with E-state index in [1.165, 1.54) is 6.21 Å². The summed E-state index contributed by atoms with van der Waals surface area (Å²) in [6.07, 6.45) is 1.51. The Morgan fingerprint density at radius 3 is 2.55 bits per heavy atom. The van der Waals surface area contributed by atoms with Crippen molar-refractivity contribution < 1.29 is 14.3 Å². The Balaban J connectivity index is 1.74. The molecule has 0 bridgehead atoms. The summed E-state index contributed by atoms with van der Waals surface area (Å²) in [7, 11) is 0. The normalized spacial score (nSPS) is 11.0. The summed E-state index contributed by atoms with van der Waals surface area (Å²) in [5.41, 5.74) is 5.30. The van der Waals surface area contributed by atoms with E-state index in [2.05, 4.69) is 26.5 Å². The van der Waals surface area contributed by atoms with Crippen LogP contribution in [-0.4, -0.2) is 18.7 Å². The number of benzene rings is 3. The minimum atomic E-state index is -0.364. The Morgan fingerprint density at radius 1 is 1.06 bits per heavy atom. The number of rotatable bonds is 8. The van der Waals surface area contributed by atoms with Crippen molar-refractivity contribution in [3.63, 3.8) is 0 Å². The molecule has 0 heterocycles. The van der Waals surface area contributed by atoms with Gasteiger partial charge in [0.15, 0.2) is 11.5 Å². The topological polar surface area (TPSA) is 59.9 Å². The second kappa shape index (κ2) is 11.7. The number of nitrogens with zero attached hydrogens (tertiary/aromatic N) is 1. The van der Waals surface area contributed by atoms with Gasteiger partial charge in [0, 0.05) is 26.2 Å². The fourth-order valence-electron chi connectivity index (χ4n) is 2.82. The first-order chi connectivity index (χ1) is 15.8. The van der Waals surface area contributed by atoms with Gasteiger partial charge in [0.1, 0.15) is 6.61 Å². The van der Waals surface area contributed by atoms with E-state index in [0.717, 1.165) is 11.1 Å². The Hall–Kier alpha value is -2.25. The van der Waals surface area contributed by atoms with Crippen molar-refractivity contribution in [3.05, 3.63) is 90.3 Å². The predicted molar refractivity (Wildman–Crippen MR) is 137 cm³/mol. The summed E-state index contributed by atoms with van der Waals surface area (Å²) in [5.74, 6) is 0.686. The maximum absolute atomic E-state index is 12.3. The molecule has 0 aromatic heterocycles. The Labute approximate surface area is 215 Å². The molecule has 1 amide bonds. The van der Waals surface area contributed by atoms with Gasteiger partial charge in [-0.25, -0.2) is 5.43 Å². The number of nitrogens with one attached hydrogen (secondary N) is 1. The molecule has 3 aromatic carbocycles. The monoisotopic (exact) mass is 568 g/mol. The second-order valence-corrected chi connectivity index (χ2v) is 9.06. The summed E-state index contributed by atoms with van der Waals surface area (Å²) in [5, 5.41) is 5.64. The second-order valence-electron chi connectivity index (χ2n) is 6.95. The van der Waals surface area contributed by atoms with Crippen LogP contribution in [-0.2, 0) is 6.61 Å². The zero-order valence-electron chi connectivity index (χ0n) is 17.8. The molecule has 172 valence electrons. The number of hydrazone groups is 1. The van der Waals surface area contributed by atoms with Crippen LogP contribution in [0.4, 0.5) is 0 Å². The molecule has 0 atom stereocenters. The van der Waals surface area contributed by atoms with Crippen LogP contribution in [0, 0.1) is 6.92 Å². The van der Waals surface area contributed by atoms with Gasteiger partial charge in [0.2, 0.25) is 0 Å². The van der Waals surface area contributed by atoms with E-state index < -0.39 is 0 Å². The molecule has 0 aliphatic carbocycles. The largest absolute Gasteiger partial charge is 0.490 e. The molecular weight excluding hydrogens is 551 g/mol. The fourth-order valence-corrected chi connectivity index (χ4v) is 4.04. The zero-order chi connectivity index (χ0) is 24.0. The van der Waals surface area contributed by atoms with Crippen LogP contribution < -0.4 is 14.9 Å². The van der Waals surface area contributed by atoms with E-state index in [1.807, 2.05) is 19.9 Å². The third-order valence-corrected chi connectivity index (χ3v) is 6.12. The Bertz CT molecular complexity index is 1200. The number of amides is 1. The molecule has 9 heteroatoms. The molecule has 0 spiro atoms. The van der Waals surface area contributed by atoms with Crippen molar-refractivity contribution in [1.29, 1.82) is 0 Å². The number of hydrogen-bond acceptors (Lipinski definition) is 4. The van der Waals surface area contributed by atoms with Gasteiger partial charge in [-0.1, -0.05) is 46.9 Å². The minimum Gasteiger partial charge on any atom is -0.490 e. The van der Waals surface area contributed by atoms with Gasteiger partial charge >= 0.3 is 0 Å². The van der Waals surface area contributed by atoms with E-state index in [9.17, 15) is 4.79 Å². The summed E-state index contributed by atoms with van der Waals surface area (Å²) < 4.78 is 12.4. The van der Waals surface area contributed by atoms with Crippen molar-refractivity contribution in [2.45, 2.75) is 20.5 Å². The van der Waals surface area contributed by atoms with Gasteiger partial charge in [-0.3, -0.25) is 4.79 Å². The highest BCUT2D eigenvalue weighted by atomic mass is 79.9. The van der Waals surface area contributed by atoms with Crippen molar-refractivity contribution in [1.82, 2.24) is 5.43 Å². The van der Waals surface area contributed by atoms with Gasteiger partial charge in [-0.05, 0) is 77.3 Å². The number of halogens is 4. The summed E-state index contributed by atoms with van der Waals surface area (Å²) in [6.45, 7) is 4.42. The van der Waals surface area contributed by atoms with Gasteiger partial charge < -0.3 is 9.47 Å². The number of ether oxygens (including phenoxy) is 2. The highest BCUT2D eigenvalue weighted by Crippen LogP contribution is 2.37. The lowest BCUT2D eigenvalue weighted by Gasteiger charge is -2.15. The molecule has 33 heavy (non-hydrogen) atoms. The van der Waals surface area contributed by atoms with Crippen LogP contribution in [0.2, 0.25) is 15.1 Å². The first-order valence-corrected chi connectivity index (χ1v) is 11.8. The van der Waals surface area contributed by atoms with E-state index in [0.29, 0.717) is 48.8 Å². The van der Waals surface area contributed by atoms with Gasteiger partial charge in [-0.2, -0.15) is 5.10 Å². The Kier molecular flexibility index (Phi) is 9.03. The number of aryl methyl sites for hydroxylation is 1. The highest BCUT2D eigenvalue weighted by Gasteiger charge is 2.13. The standard InChI is InChI=1S/C24H20BrCl3N2O3/c1-3-32-22-9-15(12-29-30-24(31)16-5-4-14(2)20(27)10-16)8-19(25)23(22)33-13-17-6-7-18(26)11-21(17)28/h4-12H,3,13H2,1-2H3,(H,30,31)/b29-12-. The van der Waals surface area contributed by atoms with Gasteiger partial charge in [0.05, 0.1) is 17.3 Å². The summed E-state index contributed by atoms with van der Waals surface area (Å²) >= 11 is 21.8. The van der Waals surface area contributed by atoms with Crippen LogP contribution in [0.15, 0.2) is 58.1 Å². The lowest BCUT2D eigenvalue weighted by molar-refractivity contribution is 0.0955. The van der Waals surface area contributed by atoms with E-state index >= 15 is 0 Å². The minimum absolute atomic E-state index is 0.233. The maximum atomic E-state index is 12.3. The smallest absolute Gasteiger partial charge is 0.271 e. The maximum Gasteiger partial charge on any atom is 0.271 e. The number of carbonyl (C=O) groups is 1. The quantitative estimate of drug-likeness (QED) is 0.226. The average molecular weight is 571 g/mol.